The summed E-state index contributed by atoms with van der Waals surface area (Å²) in [7, 11) is 0. The lowest BCUT2D eigenvalue weighted by Crippen LogP contribution is -2.30. The molecular formula is C47H78O6. The van der Waals surface area contributed by atoms with Crippen molar-refractivity contribution in [3.05, 3.63) is 72.9 Å². The molecule has 0 aromatic carbocycles. The largest absolute Gasteiger partial charge is 0.462 e. The molecule has 1 unspecified atom stereocenters. The summed E-state index contributed by atoms with van der Waals surface area (Å²) in [6.45, 7) is 6.30. The fourth-order valence-electron chi connectivity index (χ4n) is 5.47. The van der Waals surface area contributed by atoms with Crippen LogP contribution in [0.4, 0.5) is 0 Å². The number of hydrogen-bond acceptors (Lipinski definition) is 6. The second-order valence-electron chi connectivity index (χ2n) is 13.9. The Morgan fingerprint density at radius 1 is 0.434 bits per heavy atom. The first-order valence-electron chi connectivity index (χ1n) is 21.5. The molecule has 0 spiro atoms. The van der Waals surface area contributed by atoms with Crippen LogP contribution >= 0.6 is 0 Å². The second kappa shape index (κ2) is 41.6. The van der Waals surface area contributed by atoms with Crippen LogP contribution in [0.3, 0.4) is 0 Å². The normalized spacial score (nSPS) is 12.7. The van der Waals surface area contributed by atoms with Crippen molar-refractivity contribution in [1.82, 2.24) is 0 Å². The van der Waals surface area contributed by atoms with E-state index in [9.17, 15) is 14.4 Å². The molecule has 0 aliphatic carbocycles. The van der Waals surface area contributed by atoms with E-state index in [2.05, 4.69) is 81.5 Å². The van der Waals surface area contributed by atoms with Crippen molar-refractivity contribution >= 4 is 17.9 Å². The summed E-state index contributed by atoms with van der Waals surface area (Å²) in [5.41, 5.74) is 0. The van der Waals surface area contributed by atoms with Gasteiger partial charge in [-0.3, -0.25) is 14.4 Å². The molecule has 0 aliphatic rings. The number of unbranched alkanes of at least 4 members (excludes halogenated alkanes) is 16. The Morgan fingerprint density at radius 3 is 1.49 bits per heavy atom. The van der Waals surface area contributed by atoms with Gasteiger partial charge in [-0.2, -0.15) is 0 Å². The van der Waals surface area contributed by atoms with E-state index in [0.29, 0.717) is 6.42 Å². The van der Waals surface area contributed by atoms with Gasteiger partial charge in [0.05, 0.1) is 6.42 Å². The number of hydrogen-bond donors (Lipinski definition) is 0. The minimum absolute atomic E-state index is 0.116. The van der Waals surface area contributed by atoms with Gasteiger partial charge in [0.2, 0.25) is 0 Å². The van der Waals surface area contributed by atoms with E-state index in [0.717, 1.165) is 70.6 Å². The van der Waals surface area contributed by atoms with Crippen LogP contribution in [0.25, 0.3) is 0 Å². The molecule has 0 aliphatic heterocycles. The van der Waals surface area contributed by atoms with Crippen molar-refractivity contribution < 1.29 is 28.6 Å². The van der Waals surface area contributed by atoms with Crippen molar-refractivity contribution in [2.24, 2.45) is 0 Å². The van der Waals surface area contributed by atoms with Gasteiger partial charge in [-0.25, -0.2) is 0 Å². The maximum absolute atomic E-state index is 12.6. The predicted octanol–water partition coefficient (Wildman–Crippen LogP) is 13.5. The van der Waals surface area contributed by atoms with Gasteiger partial charge in [0.1, 0.15) is 13.2 Å². The van der Waals surface area contributed by atoms with E-state index >= 15 is 0 Å². The number of ether oxygens (including phenoxy) is 3. The molecule has 0 radical (unpaired) electrons. The quantitative estimate of drug-likeness (QED) is 0.0208. The first-order valence-corrected chi connectivity index (χ1v) is 21.5. The van der Waals surface area contributed by atoms with Gasteiger partial charge >= 0.3 is 17.9 Å². The van der Waals surface area contributed by atoms with Gasteiger partial charge in [0.25, 0.3) is 0 Å². The molecule has 0 saturated heterocycles. The first kappa shape index (κ1) is 49.9. The number of allylic oxidation sites excluding steroid dienone is 11. The lowest BCUT2D eigenvalue weighted by Gasteiger charge is -2.18. The average molecular weight is 739 g/mol. The highest BCUT2D eigenvalue weighted by atomic mass is 16.6. The standard InChI is InChI=1S/C47H78O6/c1-4-7-10-13-16-19-21-22-23-24-26-28-31-34-37-40-46(49)52-43-44(42-51-45(48)39-36-33-30-27-18-15-12-9-6-3)53-47(50)41-38-35-32-29-25-20-17-14-11-8-5-2/h9,12,14,17-21,25,27,33,36,44H,4-8,10-11,13,15-16,22-24,26,28-32,34-35,37-43H2,1-3H3/b12-9-,17-14-,21-19-,25-20-,27-18-,36-33-. The van der Waals surface area contributed by atoms with Crippen molar-refractivity contribution in [2.45, 2.75) is 194 Å². The number of esters is 3. The molecule has 0 aromatic heterocycles. The molecule has 53 heavy (non-hydrogen) atoms. The van der Waals surface area contributed by atoms with E-state index in [4.69, 9.17) is 14.2 Å². The second-order valence-corrected chi connectivity index (χ2v) is 13.9. The van der Waals surface area contributed by atoms with E-state index in [-0.39, 0.29) is 38.0 Å². The number of carbonyl (C=O) groups is 3. The third-order valence-electron chi connectivity index (χ3n) is 8.73. The Balaban J connectivity index is 4.46. The third-order valence-corrected chi connectivity index (χ3v) is 8.73. The van der Waals surface area contributed by atoms with Gasteiger partial charge in [0.15, 0.2) is 6.10 Å². The fraction of sp³-hybridized carbons (Fsp3) is 0.681. The zero-order valence-corrected chi connectivity index (χ0v) is 34.3. The van der Waals surface area contributed by atoms with Gasteiger partial charge in [0, 0.05) is 12.8 Å². The summed E-state index contributed by atoms with van der Waals surface area (Å²) in [5.74, 6) is -1.09. The Morgan fingerprint density at radius 2 is 0.887 bits per heavy atom. The molecule has 0 N–H and O–H groups in total. The minimum atomic E-state index is -0.822. The summed E-state index contributed by atoms with van der Waals surface area (Å²) in [6.07, 6.45) is 50.6. The van der Waals surface area contributed by atoms with Crippen molar-refractivity contribution in [3.63, 3.8) is 0 Å². The lowest BCUT2D eigenvalue weighted by molar-refractivity contribution is -0.166. The maximum atomic E-state index is 12.6. The van der Waals surface area contributed by atoms with Gasteiger partial charge < -0.3 is 14.2 Å². The van der Waals surface area contributed by atoms with E-state index in [1.807, 2.05) is 6.08 Å². The van der Waals surface area contributed by atoms with Gasteiger partial charge in [-0.15, -0.1) is 0 Å². The average Bonchev–Trinajstić information content (AvgIpc) is 3.15. The molecule has 0 rings (SSSR count). The molecule has 0 bridgehead atoms. The van der Waals surface area contributed by atoms with Crippen LogP contribution in [0.15, 0.2) is 72.9 Å². The van der Waals surface area contributed by atoms with Gasteiger partial charge in [-0.1, -0.05) is 164 Å². The van der Waals surface area contributed by atoms with Crippen molar-refractivity contribution in [2.75, 3.05) is 13.2 Å². The SMILES string of the molecule is CC/C=C\C/C=C\C/C=C\CC(=O)OCC(COC(=O)CCCCCCCCC/C=C\CCCCCC)OC(=O)CCCCC/C=C\C=C/CCCC. The Kier molecular flexibility index (Phi) is 39.1. The Bertz CT molecular complexity index is 1030. The molecule has 6 nitrogen and oxygen atoms in total. The summed E-state index contributed by atoms with van der Waals surface area (Å²) >= 11 is 0. The molecule has 6 heteroatoms. The van der Waals surface area contributed by atoms with E-state index in [1.54, 1.807) is 6.08 Å². The molecule has 0 aromatic rings. The first-order chi connectivity index (χ1) is 26.0. The minimum Gasteiger partial charge on any atom is -0.462 e. The molecule has 1 atom stereocenters. The molecule has 0 fully saturated rings. The molecular weight excluding hydrogens is 661 g/mol. The van der Waals surface area contributed by atoms with Crippen LogP contribution in [0.5, 0.6) is 0 Å². The number of rotatable bonds is 37. The van der Waals surface area contributed by atoms with Crippen LogP contribution in [-0.4, -0.2) is 37.2 Å². The lowest BCUT2D eigenvalue weighted by atomic mass is 10.1. The van der Waals surface area contributed by atoms with E-state index < -0.39 is 12.1 Å². The molecule has 302 valence electrons. The summed E-state index contributed by atoms with van der Waals surface area (Å²) in [4.78, 5) is 37.5. The third kappa shape index (κ3) is 39.9. The van der Waals surface area contributed by atoms with Crippen LogP contribution in [0.1, 0.15) is 188 Å². The van der Waals surface area contributed by atoms with Crippen molar-refractivity contribution in [3.8, 4) is 0 Å². The smallest absolute Gasteiger partial charge is 0.309 e. The highest BCUT2D eigenvalue weighted by Crippen LogP contribution is 2.12. The Hall–Kier alpha value is -3.15. The molecule has 0 saturated carbocycles. The van der Waals surface area contributed by atoms with Crippen LogP contribution < -0.4 is 0 Å². The van der Waals surface area contributed by atoms with Crippen molar-refractivity contribution in [1.29, 1.82) is 0 Å². The zero-order chi connectivity index (χ0) is 38.7. The van der Waals surface area contributed by atoms with Crippen LogP contribution in [0, 0.1) is 0 Å². The number of carbonyl (C=O) groups excluding carboxylic acids is 3. The maximum Gasteiger partial charge on any atom is 0.309 e. The summed E-state index contributed by atoms with van der Waals surface area (Å²) in [5, 5.41) is 0. The predicted molar refractivity (Wildman–Crippen MR) is 224 cm³/mol. The Labute approximate surface area is 325 Å². The van der Waals surface area contributed by atoms with Crippen LogP contribution in [-0.2, 0) is 28.6 Å². The van der Waals surface area contributed by atoms with E-state index in [1.165, 1.54) is 77.0 Å². The highest BCUT2D eigenvalue weighted by Gasteiger charge is 2.19. The highest BCUT2D eigenvalue weighted by molar-refractivity contribution is 5.72. The topological polar surface area (TPSA) is 78.9 Å². The summed E-state index contributed by atoms with van der Waals surface area (Å²) < 4.78 is 16.5. The van der Waals surface area contributed by atoms with Crippen LogP contribution in [0.2, 0.25) is 0 Å². The molecule has 0 amide bonds. The molecule has 0 heterocycles. The monoisotopic (exact) mass is 739 g/mol. The fourth-order valence-corrected chi connectivity index (χ4v) is 5.47. The van der Waals surface area contributed by atoms with Gasteiger partial charge in [-0.05, 0) is 77.0 Å². The summed E-state index contributed by atoms with van der Waals surface area (Å²) in [6, 6.07) is 0. The zero-order valence-electron chi connectivity index (χ0n) is 34.3.